The third-order valence-corrected chi connectivity index (χ3v) is 3.72. The van der Waals surface area contributed by atoms with Crippen molar-refractivity contribution in [1.82, 2.24) is 10.3 Å². The average Bonchev–Trinajstić information content (AvgIpc) is 2.89. The zero-order valence-corrected chi connectivity index (χ0v) is 11.6. The number of carbonyl (C=O) groups excluding carboxylic acids is 1. The molecule has 1 unspecified atom stereocenters. The predicted molar refractivity (Wildman–Crippen MR) is 73.7 cm³/mol. The first-order valence-electron chi connectivity index (χ1n) is 6.08. The number of halogens is 1. The topological polar surface area (TPSA) is 42.0 Å². The Hall–Kier alpha value is -1.75. The molecule has 1 atom stereocenters. The van der Waals surface area contributed by atoms with Gasteiger partial charge in [0.15, 0.2) is 0 Å². The van der Waals surface area contributed by atoms with Gasteiger partial charge in [0, 0.05) is 11.6 Å². The highest BCUT2D eigenvalue weighted by molar-refractivity contribution is 7.09. The van der Waals surface area contributed by atoms with E-state index in [0.29, 0.717) is 6.42 Å². The molecule has 0 aliphatic heterocycles. The summed E-state index contributed by atoms with van der Waals surface area (Å²) in [6, 6.07) is 4.42. The molecule has 1 amide bonds. The van der Waals surface area contributed by atoms with E-state index in [1.807, 2.05) is 12.3 Å². The lowest BCUT2D eigenvalue weighted by molar-refractivity contribution is 0.0931. The van der Waals surface area contributed by atoms with Gasteiger partial charge in [0.05, 0.1) is 11.6 Å². The SMILES string of the molecule is CCC(NC(=O)c1ccc(C)cc1F)c1nccs1. The van der Waals surface area contributed by atoms with E-state index in [-0.39, 0.29) is 11.6 Å². The molecule has 2 aromatic rings. The van der Waals surface area contributed by atoms with Crippen molar-refractivity contribution < 1.29 is 9.18 Å². The van der Waals surface area contributed by atoms with Gasteiger partial charge in [-0.2, -0.15) is 0 Å². The van der Waals surface area contributed by atoms with Crippen LogP contribution >= 0.6 is 11.3 Å². The van der Waals surface area contributed by atoms with Crippen LogP contribution in [0.2, 0.25) is 0 Å². The Bertz CT molecular complexity index is 569. The van der Waals surface area contributed by atoms with E-state index in [1.54, 1.807) is 19.2 Å². The summed E-state index contributed by atoms with van der Waals surface area (Å²) >= 11 is 1.48. The van der Waals surface area contributed by atoms with Crippen LogP contribution in [0, 0.1) is 12.7 Å². The molecule has 19 heavy (non-hydrogen) atoms. The number of aryl methyl sites for hydroxylation is 1. The van der Waals surface area contributed by atoms with Gasteiger partial charge in [-0.05, 0) is 31.0 Å². The maximum atomic E-state index is 13.7. The molecule has 1 N–H and O–H groups in total. The fraction of sp³-hybridized carbons (Fsp3) is 0.286. The zero-order chi connectivity index (χ0) is 13.8. The summed E-state index contributed by atoms with van der Waals surface area (Å²) in [5.41, 5.74) is 0.863. The van der Waals surface area contributed by atoms with Crippen LogP contribution in [-0.2, 0) is 0 Å². The highest BCUT2D eigenvalue weighted by Gasteiger charge is 2.18. The quantitative estimate of drug-likeness (QED) is 0.930. The van der Waals surface area contributed by atoms with Crippen LogP contribution in [0.15, 0.2) is 29.8 Å². The Morgan fingerprint density at radius 2 is 2.32 bits per heavy atom. The molecule has 3 nitrogen and oxygen atoms in total. The second kappa shape index (κ2) is 5.93. The minimum absolute atomic E-state index is 0.0700. The van der Waals surface area contributed by atoms with Crippen LogP contribution in [0.25, 0.3) is 0 Å². The third kappa shape index (κ3) is 3.17. The molecular weight excluding hydrogens is 263 g/mol. The number of thiazole rings is 1. The summed E-state index contributed by atoms with van der Waals surface area (Å²) in [4.78, 5) is 16.2. The normalized spacial score (nSPS) is 12.2. The molecule has 0 aliphatic carbocycles. The van der Waals surface area contributed by atoms with Crippen molar-refractivity contribution >= 4 is 17.2 Å². The molecule has 1 aromatic carbocycles. The summed E-state index contributed by atoms with van der Waals surface area (Å²) < 4.78 is 13.7. The van der Waals surface area contributed by atoms with E-state index >= 15 is 0 Å². The summed E-state index contributed by atoms with van der Waals surface area (Å²) in [5, 5.41) is 5.51. The highest BCUT2D eigenvalue weighted by Crippen LogP contribution is 2.20. The van der Waals surface area contributed by atoms with Gasteiger partial charge in [-0.25, -0.2) is 9.37 Å². The summed E-state index contributed by atoms with van der Waals surface area (Å²) in [6.45, 7) is 3.74. The molecule has 100 valence electrons. The molecule has 0 spiro atoms. The Kier molecular flexibility index (Phi) is 4.27. The number of hydrogen-bond acceptors (Lipinski definition) is 3. The molecule has 0 bridgehead atoms. The summed E-state index contributed by atoms with van der Waals surface area (Å²) in [7, 11) is 0. The molecule has 5 heteroatoms. The standard InChI is InChI=1S/C14H15FN2OS/c1-3-12(14-16-6-7-19-14)17-13(18)10-5-4-9(2)8-11(10)15/h4-8,12H,3H2,1-2H3,(H,17,18). The lowest BCUT2D eigenvalue weighted by Crippen LogP contribution is -2.28. The minimum Gasteiger partial charge on any atom is -0.343 e. The van der Waals surface area contributed by atoms with Crippen LogP contribution in [0.3, 0.4) is 0 Å². The van der Waals surface area contributed by atoms with E-state index in [9.17, 15) is 9.18 Å². The molecule has 0 saturated carbocycles. The van der Waals surface area contributed by atoms with Crippen molar-refractivity contribution in [2.24, 2.45) is 0 Å². The summed E-state index contributed by atoms with van der Waals surface area (Å²) in [6.07, 6.45) is 2.41. The first-order chi connectivity index (χ1) is 9.11. The van der Waals surface area contributed by atoms with Gasteiger partial charge in [-0.15, -0.1) is 11.3 Å². The second-order valence-electron chi connectivity index (χ2n) is 4.29. The first kappa shape index (κ1) is 13.7. The first-order valence-corrected chi connectivity index (χ1v) is 6.96. The molecule has 0 saturated heterocycles. The Labute approximate surface area is 115 Å². The fourth-order valence-corrected chi connectivity index (χ4v) is 2.56. The molecule has 1 heterocycles. The number of rotatable bonds is 4. The van der Waals surface area contributed by atoms with Gasteiger partial charge in [0.2, 0.25) is 0 Å². The molecule has 1 aromatic heterocycles. The minimum atomic E-state index is -0.494. The molecule has 0 radical (unpaired) electrons. The van der Waals surface area contributed by atoms with E-state index in [1.165, 1.54) is 23.5 Å². The largest absolute Gasteiger partial charge is 0.343 e. The van der Waals surface area contributed by atoms with E-state index in [2.05, 4.69) is 10.3 Å². The van der Waals surface area contributed by atoms with Gasteiger partial charge in [-0.3, -0.25) is 4.79 Å². The number of nitrogens with zero attached hydrogens (tertiary/aromatic N) is 1. The maximum Gasteiger partial charge on any atom is 0.254 e. The predicted octanol–water partition coefficient (Wildman–Crippen LogP) is 3.47. The number of benzene rings is 1. The lowest BCUT2D eigenvalue weighted by Gasteiger charge is -2.14. The van der Waals surface area contributed by atoms with Crippen LogP contribution in [0.5, 0.6) is 0 Å². The van der Waals surface area contributed by atoms with Crippen molar-refractivity contribution in [2.45, 2.75) is 26.3 Å². The van der Waals surface area contributed by atoms with Crippen molar-refractivity contribution in [3.63, 3.8) is 0 Å². The lowest BCUT2D eigenvalue weighted by atomic mass is 10.1. The van der Waals surface area contributed by atoms with E-state index in [4.69, 9.17) is 0 Å². The molecular formula is C14H15FN2OS. The number of nitrogens with one attached hydrogen (secondary N) is 1. The van der Waals surface area contributed by atoms with Gasteiger partial charge >= 0.3 is 0 Å². The highest BCUT2D eigenvalue weighted by atomic mass is 32.1. The smallest absolute Gasteiger partial charge is 0.254 e. The Morgan fingerprint density at radius 3 is 2.89 bits per heavy atom. The third-order valence-electron chi connectivity index (χ3n) is 2.83. The number of amides is 1. The van der Waals surface area contributed by atoms with Gasteiger partial charge in [-0.1, -0.05) is 13.0 Å². The number of hydrogen-bond donors (Lipinski definition) is 1. The average molecular weight is 278 g/mol. The van der Waals surface area contributed by atoms with Crippen molar-refractivity contribution in [1.29, 1.82) is 0 Å². The van der Waals surface area contributed by atoms with Crippen LogP contribution in [0.4, 0.5) is 4.39 Å². The number of aromatic nitrogens is 1. The van der Waals surface area contributed by atoms with Crippen LogP contribution in [-0.4, -0.2) is 10.9 Å². The number of carbonyl (C=O) groups is 1. The van der Waals surface area contributed by atoms with Crippen molar-refractivity contribution in [2.75, 3.05) is 0 Å². The van der Waals surface area contributed by atoms with Crippen molar-refractivity contribution in [3.8, 4) is 0 Å². The maximum absolute atomic E-state index is 13.7. The van der Waals surface area contributed by atoms with Gasteiger partial charge < -0.3 is 5.32 Å². The van der Waals surface area contributed by atoms with Gasteiger partial charge in [0.25, 0.3) is 5.91 Å². The fourth-order valence-electron chi connectivity index (χ4n) is 1.79. The van der Waals surface area contributed by atoms with E-state index < -0.39 is 11.7 Å². The van der Waals surface area contributed by atoms with Crippen LogP contribution in [0.1, 0.15) is 40.3 Å². The van der Waals surface area contributed by atoms with Crippen molar-refractivity contribution in [3.05, 3.63) is 51.7 Å². The molecule has 0 aliphatic rings. The molecule has 0 fully saturated rings. The zero-order valence-electron chi connectivity index (χ0n) is 10.8. The Morgan fingerprint density at radius 1 is 1.53 bits per heavy atom. The molecule has 2 rings (SSSR count). The summed E-state index contributed by atoms with van der Waals surface area (Å²) in [5.74, 6) is -0.897. The second-order valence-corrected chi connectivity index (χ2v) is 5.21. The van der Waals surface area contributed by atoms with Gasteiger partial charge in [0.1, 0.15) is 10.8 Å². The van der Waals surface area contributed by atoms with E-state index in [0.717, 1.165) is 10.6 Å². The Balaban J connectivity index is 2.16. The monoisotopic (exact) mass is 278 g/mol. The van der Waals surface area contributed by atoms with Crippen LogP contribution < -0.4 is 5.32 Å².